The lowest BCUT2D eigenvalue weighted by Gasteiger charge is -2.03. The zero-order valence-electron chi connectivity index (χ0n) is 9.94. The summed E-state index contributed by atoms with van der Waals surface area (Å²) in [6.07, 6.45) is 4.73. The van der Waals surface area contributed by atoms with Gasteiger partial charge in [-0.05, 0) is 13.0 Å². The zero-order valence-corrected chi connectivity index (χ0v) is 9.94. The fraction of sp³-hybridized carbons (Fsp3) is 0.0833. The number of aryl methyl sites for hydroxylation is 1. The topological polar surface area (TPSA) is 95.6 Å². The first-order valence-electron chi connectivity index (χ1n) is 5.43. The number of rotatable bonds is 1. The molecule has 0 saturated carbocycles. The summed E-state index contributed by atoms with van der Waals surface area (Å²) < 4.78 is 3.17. The highest BCUT2D eigenvalue weighted by Crippen LogP contribution is 2.17. The molecule has 0 aliphatic heterocycles. The van der Waals surface area contributed by atoms with E-state index in [1.807, 2.05) is 25.1 Å². The summed E-state index contributed by atoms with van der Waals surface area (Å²) in [5, 5.41) is 22.3. The molecule has 0 spiro atoms. The van der Waals surface area contributed by atoms with Crippen LogP contribution in [0.5, 0.6) is 0 Å². The number of nitrogens with zero attached hydrogens (tertiary/aromatic N) is 7. The minimum Gasteiger partial charge on any atom is -0.271 e. The van der Waals surface area contributed by atoms with Gasteiger partial charge in [0.25, 0.3) is 0 Å². The van der Waals surface area contributed by atoms with E-state index in [4.69, 9.17) is 10.5 Å². The third kappa shape index (κ3) is 1.53. The standard InChI is InChI=1S/C12H7N7/c1-8-4-10-12(15-2-3-19(10)17-8)18-7-16-9(5-13)11(18)6-14/h2-4,7H,1H3. The monoisotopic (exact) mass is 249 g/mol. The first-order valence-corrected chi connectivity index (χ1v) is 5.43. The Morgan fingerprint density at radius 1 is 1.21 bits per heavy atom. The number of nitriles is 2. The average Bonchev–Trinajstić information content (AvgIpc) is 2.99. The molecule has 0 aliphatic rings. The minimum atomic E-state index is 0.0857. The third-order valence-electron chi connectivity index (χ3n) is 2.70. The molecular formula is C12H7N7. The predicted octanol–water partition coefficient (Wildman–Crippen LogP) is 0.967. The Morgan fingerprint density at radius 2 is 2.05 bits per heavy atom. The normalized spacial score (nSPS) is 10.3. The Bertz CT molecular complexity index is 856. The maximum absolute atomic E-state index is 9.15. The van der Waals surface area contributed by atoms with Gasteiger partial charge in [-0.2, -0.15) is 15.6 Å². The van der Waals surface area contributed by atoms with E-state index in [-0.39, 0.29) is 11.4 Å². The molecule has 0 radical (unpaired) electrons. The quantitative estimate of drug-likeness (QED) is 0.640. The molecule has 3 rings (SSSR count). The molecule has 3 aromatic rings. The van der Waals surface area contributed by atoms with Gasteiger partial charge in [0.1, 0.15) is 24.0 Å². The number of fused-ring (bicyclic) bond motifs is 1. The van der Waals surface area contributed by atoms with Crippen molar-refractivity contribution in [2.75, 3.05) is 0 Å². The van der Waals surface area contributed by atoms with Crippen molar-refractivity contribution < 1.29 is 0 Å². The van der Waals surface area contributed by atoms with Gasteiger partial charge in [-0.3, -0.25) is 4.57 Å². The second-order valence-electron chi connectivity index (χ2n) is 3.90. The predicted molar refractivity (Wildman–Crippen MR) is 64.3 cm³/mol. The van der Waals surface area contributed by atoms with Crippen LogP contribution in [-0.2, 0) is 0 Å². The van der Waals surface area contributed by atoms with Crippen LogP contribution in [0.1, 0.15) is 17.1 Å². The van der Waals surface area contributed by atoms with Gasteiger partial charge in [-0.1, -0.05) is 0 Å². The van der Waals surface area contributed by atoms with E-state index in [1.165, 1.54) is 10.9 Å². The molecule has 0 bridgehead atoms. The molecule has 90 valence electrons. The Kier molecular flexibility index (Phi) is 2.26. The number of aromatic nitrogens is 5. The van der Waals surface area contributed by atoms with Gasteiger partial charge in [0.15, 0.2) is 17.2 Å². The molecule has 0 saturated heterocycles. The van der Waals surface area contributed by atoms with Crippen LogP contribution in [0.2, 0.25) is 0 Å². The summed E-state index contributed by atoms with van der Waals surface area (Å²) in [6, 6.07) is 5.72. The molecule has 0 fully saturated rings. The first kappa shape index (κ1) is 10.9. The van der Waals surface area contributed by atoms with E-state index < -0.39 is 0 Å². The van der Waals surface area contributed by atoms with E-state index in [0.29, 0.717) is 5.82 Å². The molecule has 0 aromatic carbocycles. The van der Waals surface area contributed by atoms with Crippen molar-refractivity contribution in [3.8, 4) is 18.0 Å². The zero-order chi connectivity index (χ0) is 13.4. The van der Waals surface area contributed by atoms with Crippen LogP contribution in [-0.4, -0.2) is 24.1 Å². The van der Waals surface area contributed by atoms with Gasteiger partial charge in [0, 0.05) is 12.4 Å². The highest BCUT2D eigenvalue weighted by Gasteiger charge is 2.15. The van der Waals surface area contributed by atoms with Crippen LogP contribution in [0.15, 0.2) is 24.8 Å². The molecule has 3 aromatic heterocycles. The molecule has 7 nitrogen and oxygen atoms in total. The summed E-state index contributed by atoms with van der Waals surface area (Å²) in [5.74, 6) is 0.522. The summed E-state index contributed by atoms with van der Waals surface area (Å²) in [5.41, 5.74) is 1.84. The van der Waals surface area contributed by atoms with Crippen molar-refractivity contribution in [3.05, 3.63) is 41.9 Å². The maximum atomic E-state index is 9.15. The van der Waals surface area contributed by atoms with E-state index in [2.05, 4.69) is 15.1 Å². The second-order valence-corrected chi connectivity index (χ2v) is 3.90. The van der Waals surface area contributed by atoms with Gasteiger partial charge < -0.3 is 0 Å². The molecule has 0 atom stereocenters. The smallest absolute Gasteiger partial charge is 0.177 e. The van der Waals surface area contributed by atoms with Crippen molar-refractivity contribution in [2.24, 2.45) is 0 Å². The highest BCUT2D eigenvalue weighted by molar-refractivity contribution is 5.62. The lowest BCUT2D eigenvalue weighted by molar-refractivity contribution is 0.893. The van der Waals surface area contributed by atoms with Gasteiger partial charge in [0.2, 0.25) is 0 Å². The Labute approximate surface area is 108 Å². The third-order valence-corrected chi connectivity index (χ3v) is 2.70. The van der Waals surface area contributed by atoms with Gasteiger partial charge in [-0.15, -0.1) is 0 Å². The summed E-state index contributed by atoms with van der Waals surface area (Å²) in [6.45, 7) is 1.87. The number of hydrogen-bond donors (Lipinski definition) is 0. The molecule has 0 amide bonds. The molecule has 0 aliphatic carbocycles. The Balaban J connectivity index is 2.35. The Morgan fingerprint density at radius 3 is 2.79 bits per heavy atom. The van der Waals surface area contributed by atoms with Gasteiger partial charge >= 0.3 is 0 Å². The summed E-state index contributed by atoms with van der Waals surface area (Å²) >= 11 is 0. The number of hydrogen-bond acceptors (Lipinski definition) is 5. The fourth-order valence-electron chi connectivity index (χ4n) is 1.91. The van der Waals surface area contributed by atoms with E-state index in [9.17, 15) is 0 Å². The molecule has 0 unspecified atom stereocenters. The average molecular weight is 249 g/mol. The largest absolute Gasteiger partial charge is 0.271 e. The van der Waals surface area contributed by atoms with Crippen molar-refractivity contribution in [2.45, 2.75) is 6.92 Å². The molecular weight excluding hydrogens is 242 g/mol. The highest BCUT2D eigenvalue weighted by atomic mass is 15.2. The lowest BCUT2D eigenvalue weighted by atomic mass is 10.3. The Hall–Kier alpha value is -3.19. The van der Waals surface area contributed by atoms with Crippen LogP contribution in [0.3, 0.4) is 0 Å². The van der Waals surface area contributed by atoms with E-state index >= 15 is 0 Å². The SMILES string of the molecule is Cc1cc2c(-n3cnc(C#N)c3C#N)nccn2n1. The first-order chi connectivity index (χ1) is 9.24. The molecule has 0 N–H and O–H groups in total. The van der Waals surface area contributed by atoms with E-state index in [1.54, 1.807) is 16.9 Å². The maximum Gasteiger partial charge on any atom is 0.177 e. The van der Waals surface area contributed by atoms with Crippen molar-refractivity contribution in [1.82, 2.24) is 24.1 Å². The van der Waals surface area contributed by atoms with Crippen molar-refractivity contribution in [1.29, 1.82) is 10.5 Å². The minimum absolute atomic E-state index is 0.0857. The second kappa shape index (κ2) is 3.93. The van der Waals surface area contributed by atoms with Crippen LogP contribution in [0, 0.1) is 29.6 Å². The van der Waals surface area contributed by atoms with Gasteiger partial charge in [0.05, 0.1) is 5.69 Å². The lowest BCUT2D eigenvalue weighted by Crippen LogP contribution is -2.02. The fourth-order valence-corrected chi connectivity index (χ4v) is 1.91. The number of imidazole rings is 1. The summed E-state index contributed by atoms with van der Waals surface area (Å²) in [7, 11) is 0. The summed E-state index contributed by atoms with van der Waals surface area (Å²) in [4.78, 5) is 8.15. The molecule has 3 heterocycles. The van der Waals surface area contributed by atoms with Crippen molar-refractivity contribution in [3.63, 3.8) is 0 Å². The van der Waals surface area contributed by atoms with Gasteiger partial charge in [-0.25, -0.2) is 14.5 Å². The van der Waals surface area contributed by atoms with Crippen LogP contribution < -0.4 is 0 Å². The molecule has 7 heteroatoms. The van der Waals surface area contributed by atoms with Crippen LogP contribution in [0.4, 0.5) is 0 Å². The van der Waals surface area contributed by atoms with Crippen LogP contribution >= 0.6 is 0 Å². The van der Waals surface area contributed by atoms with Crippen molar-refractivity contribution >= 4 is 5.52 Å². The van der Waals surface area contributed by atoms with E-state index in [0.717, 1.165) is 11.2 Å². The van der Waals surface area contributed by atoms with Crippen LogP contribution in [0.25, 0.3) is 11.3 Å². The molecule has 19 heavy (non-hydrogen) atoms.